The molecule has 3 aromatic heterocycles. The Labute approximate surface area is 151 Å². The number of carbonyl (C=O) groups is 1. The van der Waals surface area contributed by atoms with Crippen LogP contribution in [0.2, 0.25) is 0 Å². The lowest BCUT2D eigenvalue weighted by Crippen LogP contribution is -2.42. The Balaban J connectivity index is 1.72. The number of hydrogen-bond acceptors (Lipinski definition) is 4. The summed E-state index contributed by atoms with van der Waals surface area (Å²) in [4.78, 5) is 27.4. The number of piperidine rings is 1. The summed E-state index contributed by atoms with van der Waals surface area (Å²) in [5.74, 6) is 2.16. The monoisotopic (exact) mass is 356 g/mol. The second kappa shape index (κ2) is 6.30. The second-order valence-electron chi connectivity index (χ2n) is 7.27. The van der Waals surface area contributed by atoms with E-state index in [-0.39, 0.29) is 18.0 Å². The molecule has 7 heteroatoms. The third-order valence-corrected chi connectivity index (χ3v) is 5.30. The molecule has 1 aliphatic heterocycles. The van der Waals surface area contributed by atoms with Crippen molar-refractivity contribution in [3.05, 3.63) is 34.1 Å². The predicted molar refractivity (Wildman–Crippen MR) is 98.3 cm³/mol. The number of amides is 1. The van der Waals surface area contributed by atoms with Gasteiger partial charge in [-0.05, 0) is 25.7 Å². The highest BCUT2D eigenvalue weighted by Gasteiger charge is 2.22. The highest BCUT2D eigenvalue weighted by molar-refractivity contribution is 5.83. The molecule has 0 N–H and O–H groups in total. The average Bonchev–Trinajstić information content (AvgIpc) is 3.14. The van der Waals surface area contributed by atoms with Crippen molar-refractivity contribution < 1.29 is 9.21 Å². The molecule has 0 atom stereocenters. The summed E-state index contributed by atoms with van der Waals surface area (Å²) in [6.07, 6.45) is 2.68. The third-order valence-electron chi connectivity index (χ3n) is 5.30. The molecular weight excluding hydrogens is 332 g/mol. The lowest BCUT2D eigenvalue weighted by Gasteiger charge is -2.30. The van der Waals surface area contributed by atoms with Crippen LogP contribution in [-0.4, -0.2) is 38.1 Å². The van der Waals surface area contributed by atoms with Crippen molar-refractivity contribution in [2.45, 2.75) is 46.6 Å². The molecular formula is C19H24N4O3. The molecule has 26 heavy (non-hydrogen) atoms. The van der Waals surface area contributed by atoms with Crippen LogP contribution >= 0.6 is 0 Å². The van der Waals surface area contributed by atoms with Gasteiger partial charge in [0, 0.05) is 31.6 Å². The number of furan rings is 1. The lowest BCUT2D eigenvalue weighted by molar-refractivity contribution is -0.133. The number of carbonyl (C=O) groups excluding carboxylic acids is 1. The van der Waals surface area contributed by atoms with Gasteiger partial charge in [-0.1, -0.05) is 13.8 Å². The Morgan fingerprint density at radius 3 is 2.69 bits per heavy atom. The SMILES string of the molecule is CCc1nn(CC(=O)N2CCC(C)CC2)c(=O)c2cc3oc(C)cc3n12. The lowest BCUT2D eigenvalue weighted by atomic mass is 9.99. The molecule has 0 bridgehead atoms. The first kappa shape index (κ1) is 16.9. The molecule has 0 aromatic carbocycles. The normalized spacial score (nSPS) is 16.0. The van der Waals surface area contributed by atoms with Gasteiger partial charge in [-0.25, -0.2) is 4.68 Å². The number of likely N-dealkylation sites (tertiary alicyclic amines) is 1. The fourth-order valence-electron chi connectivity index (χ4n) is 3.73. The Hall–Kier alpha value is -2.57. The predicted octanol–water partition coefficient (Wildman–Crippen LogP) is 2.37. The Morgan fingerprint density at radius 2 is 2.00 bits per heavy atom. The van der Waals surface area contributed by atoms with E-state index in [9.17, 15) is 9.59 Å². The highest BCUT2D eigenvalue weighted by Crippen LogP contribution is 2.23. The Kier molecular flexibility index (Phi) is 4.09. The van der Waals surface area contributed by atoms with E-state index in [1.54, 1.807) is 6.07 Å². The topological polar surface area (TPSA) is 72.8 Å². The van der Waals surface area contributed by atoms with Crippen molar-refractivity contribution in [3.8, 4) is 0 Å². The van der Waals surface area contributed by atoms with Gasteiger partial charge >= 0.3 is 0 Å². The van der Waals surface area contributed by atoms with Crippen molar-refractivity contribution in [1.29, 1.82) is 0 Å². The molecule has 1 fully saturated rings. The molecule has 0 aliphatic carbocycles. The number of aromatic nitrogens is 3. The number of hydrogen-bond donors (Lipinski definition) is 0. The summed E-state index contributed by atoms with van der Waals surface area (Å²) < 4.78 is 8.81. The molecule has 138 valence electrons. The first-order valence-corrected chi connectivity index (χ1v) is 9.27. The van der Waals surface area contributed by atoms with E-state index in [0.717, 1.165) is 43.0 Å². The van der Waals surface area contributed by atoms with Crippen molar-refractivity contribution >= 4 is 22.5 Å². The molecule has 7 nitrogen and oxygen atoms in total. The summed E-state index contributed by atoms with van der Waals surface area (Å²) in [5.41, 5.74) is 1.77. The fourth-order valence-corrected chi connectivity index (χ4v) is 3.73. The van der Waals surface area contributed by atoms with Crippen LogP contribution in [0.5, 0.6) is 0 Å². The van der Waals surface area contributed by atoms with Crippen molar-refractivity contribution in [2.75, 3.05) is 13.1 Å². The molecule has 3 aromatic rings. The number of rotatable bonds is 3. The zero-order chi connectivity index (χ0) is 18.4. The standard InChI is InChI=1S/C19H24N4O3/c1-4-17-20-22(11-18(24)21-7-5-12(2)6-8-21)19(25)15-10-16-14(23(15)17)9-13(3)26-16/h9-10,12H,4-8,11H2,1-3H3. The van der Waals surface area contributed by atoms with Crippen LogP contribution in [0.15, 0.2) is 21.3 Å². The smallest absolute Gasteiger partial charge is 0.291 e. The van der Waals surface area contributed by atoms with Gasteiger partial charge in [0.15, 0.2) is 5.58 Å². The van der Waals surface area contributed by atoms with Crippen LogP contribution in [0.1, 0.15) is 38.3 Å². The Morgan fingerprint density at radius 1 is 1.27 bits per heavy atom. The van der Waals surface area contributed by atoms with Crippen LogP contribution in [0.3, 0.4) is 0 Å². The first-order valence-electron chi connectivity index (χ1n) is 9.27. The fraction of sp³-hybridized carbons (Fsp3) is 0.526. The maximum Gasteiger partial charge on any atom is 0.291 e. The van der Waals surface area contributed by atoms with Gasteiger partial charge in [0.1, 0.15) is 23.6 Å². The molecule has 1 saturated heterocycles. The molecule has 0 unspecified atom stereocenters. The summed E-state index contributed by atoms with van der Waals surface area (Å²) in [5, 5.41) is 4.48. The van der Waals surface area contributed by atoms with Gasteiger partial charge in [0.2, 0.25) is 5.91 Å². The molecule has 1 aliphatic rings. The van der Waals surface area contributed by atoms with E-state index in [1.165, 1.54) is 4.68 Å². The summed E-state index contributed by atoms with van der Waals surface area (Å²) in [7, 11) is 0. The van der Waals surface area contributed by atoms with Crippen molar-refractivity contribution in [3.63, 3.8) is 0 Å². The van der Waals surface area contributed by atoms with Gasteiger partial charge in [0.05, 0.1) is 5.52 Å². The summed E-state index contributed by atoms with van der Waals surface area (Å²) in [6.45, 7) is 7.58. The maximum atomic E-state index is 12.9. The molecule has 0 saturated carbocycles. The van der Waals surface area contributed by atoms with Gasteiger partial charge in [-0.2, -0.15) is 5.10 Å². The van der Waals surface area contributed by atoms with E-state index in [4.69, 9.17) is 4.42 Å². The maximum absolute atomic E-state index is 12.9. The van der Waals surface area contributed by atoms with E-state index < -0.39 is 0 Å². The minimum atomic E-state index is -0.259. The summed E-state index contributed by atoms with van der Waals surface area (Å²) >= 11 is 0. The van der Waals surface area contributed by atoms with Gasteiger partial charge < -0.3 is 9.32 Å². The third kappa shape index (κ3) is 2.71. The molecule has 1 amide bonds. The minimum absolute atomic E-state index is 0.0116. The molecule has 4 rings (SSSR count). The quantitative estimate of drug-likeness (QED) is 0.722. The number of fused-ring (bicyclic) bond motifs is 3. The van der Waals surface area contributed by atoms with Gasteiger partial charge in [0.25, 0.3) is 5.56 Å². The van der Waals surface area contributed by atoms with Gasteiger partial charge in [-0.3, -0.25) is 14.0 Å². The van der Waals surface area contributed by atoms with Crippen LogP contribution in [-0.2, 0) is 17.8 Å². The second-order valence-corrected chi connectivity index (χ2v) is 7.27. The first-order chi connectivity index (χ1) is 12.5. The van der Waals surface area contributed by atoms with E-state index >= 15 is 0 Å². The molecule has 4 heterocycles. The minimum Gasteiger partial charge on any atom is -0.460 e. The van der Waals surface area contributed by atoms with Gasteiger partial charge in [-0.15, -0.1) is 0 Å². The van der Waals surface area contributed by atoms with E-state index in [0.29, 0.717) is 23.4 Å². The Bertz CT molecular complexity index is 1030. The zero-order valence-corrected chi connectivity index (χ0v) is 15.5. The average molecular weight is 356 g/mol. The molecule has 0 radical (unpaired) electrons. The largest absolute Gasteiger partial charge is 0.460 e. The summed E-state index contributed by atoms with van der Waals surface area (Å²) in [6, 6.07) is 3.65. The van der Waals surface area contributed by atoms with Crippen LogP contribution < -0.4 is 5.56 Å². The van der Waals surface area contributed by atoms with E-state index in [1.807, 2.05) is 29.2 Å². The number of nitrogens with zero attached hydrogens (tertiary/aromatic N) is 4. The highest BCUT2D eigenvalue weighted by atomic mass is 16.3. The van der Waals surface area contributed by atoms with Crippen molar-refractivity contribution in [1.82, 2.24) is 19.1 Å². The zero-order valence-electron chi connectivity index (χ0n) is 15.5. The number of aryl methyl sites for hydroxylation is 2. The van der Waals surface area contributed by atoms with Crippen molar-refractivity contribution in [2.24, 2.45) is 5.92 Å². The van der Waals surface area contributed by atoms with Crippen LogP contribution in [0.4, 0.5) is 0 Å². The van der Waals surface area contributed by atoms with E-state index in [2.05, 4.69) is 12.0 Å². The van der Waals surface area contributed by atoms with Crippen LogP contribution in [0, 0.1) is 12.8 Å². The van der Waals surface area contributed by atoms with Crippen LogP contribution in [0.25, 0.3) is 16.6 Å². The molecule has 0 spiro atoms.